The molecule has 0 fully saturated rings. The number of benzene rings is 1. The van der Waals surface area contributed by atoms with Crippen molar-refractivity contribution in [3.05, 3.63) is 35.9 Å². The summed E-state index contributed by atoms with van der Waals surface area (Å²) in [6.45, 7) is -0.198. The Morgan fingerprint density at radius 3 is 2.03 bits per heavy atom. The van der Waals surface area contributed by atoms with Crippen LogP contribution in [0.4, 0.5) is 0 Å². The van der Waals surface area contributed by atoms with Crippen LogP contribution in [-0.4, -0.2) is 71.9 Å². The van der Waals surface area contributed by atoms with Gasteiger partial charge in [-0.1, -0.05) is 30.3 Å². The topological polar surface area (TPSA) is 258 Å². The molecule has 198 valence electrons. The summed E-state index contributed by atoms with van der Waals surface area (Å²) in [5.74, 6) is -4.30. The van der Waals surface area contributed by atoms with Crippen molar-refractivity contribution >= 4 is 35.6 Å². The third kappa shape index (κ3) is 11.8. The zero-order valence-electron chi connectivity index (χ0n) is 19.8. The molecule has 4 amide bonds. The lowest BCUT2D eigenvalue weighted by molar-refractivity contribution is -0.142. The number of amides is 4. The molecular weight excluding hydrogens is 472 g/mol. The number of aliphatic imine (C=N–C) groups is 1. The fourth-order valence-electron chi connectivity index (χ4n) is 3.17. The maximum atomic E-state index is 13.0. The molecular formula is C22H34N8O6. The minimum absolute atomic E-state index is 0.0114. The number of nitrogens with one attached hydrogen (secondary N) is 3. The molecule has 3 atom stereocenters. The number of rotatable bonds is 16. The van der Waals surface area contributed by atoms with E-state index in [-0.39, 0.29) is 51.2 Å². The van der Waals surface area contributed by atoms with Crippen LogP contribution in [-0.2, 0) is 30.4 Å². The quantitative estimate of drug-likeness (QED) is 0.0646. The Morgan fingerprint density at radius 1 is 0.861 bits per heavy atom. The summed E-state index contributed by atoms with van der Waals surface area (Å²) >= 11 is 0. The summed E-state index contributed by atoms with van der Waals surface area (Å²) in [6.07, 6.45) is -0.0599. The maximum absolute atomic E-state index is 13.0. The highest BCUT2D eigenvalue weighted by molar-refractivity contribution is 5.94. The summed E-state index contributed by atoms with van der Waals surface area (Å²) in [7, 11) is 0. The van der Waals surface area contributed by atoms with Crippen molar-refractivity contribution in [1.29, 1.82) is 0 Å². The Hall–Kier alpha value is -4.20. The number of hydrogen-bond donors (Lipinski definition) is 8. The summed E-state index contributed by atoms with van der Waals surface area (Å²) in [4.78, 5) is 64.5. The van der Waals surface area contributed by atoms with Gasteiger partial charge in [0, 0.05) is 19.4 Å². The summed E-state index contributed by atoms with van der Waals surface area (Å²) in [5, 5.41) is 16.8. The lowest BCUT2D eigenvalue weighted by Crippen LogP contribution is -2.56. The number of guanidine groups is 1. The Balaban J connectivity index is 2.99. The molecule has 0 bridgehead atoms. The van der Waals surface area contributed by atoms with Crippen LogP contribution < -0.4 is 38.9 Å². The molecule has 0 spiro atoms. The molecule has 0 aromatic heterocycles. The number of hydrogen-bond acceptors (Lipinski definition) is 7. The van der Waals surface area contributed by atoms with Gasteiger partial charge in [0.05, 0.1) is 6.54 Å². The zero-order chi connectivity index (χ0) is 27.1. The number of nitrogens with two attached hydrogens (primary N) is 4. The van der Waals surface area contributed by atoms with E-state index >= 15 is 0 Å². The summed E-state index contributed by atoms with van der Waals surface area (Å²) < 4.78 is 0. The Bertz CT molecular complexity index is 936. The molecule has 0 aliphatic rings. The predicted octanol–water partition coefficient (Wildman–Crippen LogP) is -2.95. The largest absolute Gasteiger partial charge is 0.480 e. The van der Waals surface area contributed by atoms with Crippen LogP contribution in [0.25, 0.3) is 0 Å². The van der Waals surface area contributed by atoms with E-state index in [0.29, 0.717) is 0 Å². The van der Waals surface area contributed by atoms with E-state index in [9.17, 15) is 29.1 Å². The first-order valence-corrected chi connectivity index (χ1v) is 11.2. The van der Waals surface area contributed by atoms with Gasteiger partial charge < -0.3 is 44.0 Å². The molecule has 1 aromatic carbocycles. The standard InChI is InChI=1S/C22H34N8O6/c23-12-18(32)28-16(11-13-5-2-1-3-6-13)20(34)29-14(8-9-17(24)31)19(33)30-15(21(35)36)7-4-10-27-22(25)26/h1-3,5-6,14-16H,4,7-12,23H2,(H2,24,31)(H,28,32)(H,29,34)(H,30,33)(H,35,36)(H4,25,26,27). The van der Waals surface area contributed by atoms with Crippen molar-refractivity contribution in [3.8, 4) is 0 Å². The maximum Gasteiger partial charge on any atom is 0.326 e. The number of primary amides is 1. The van der Waals surface area contributed by atoms with Crippen LogP contribution in [0.15, 0.2) is 35.3 Å². The minimum Gasteiger partial charge on any atom is -0.480 e. The van der Waals surface area contributed by atoms with Gasteiger partial charge in [-0.05, 0) is 24.8 Å². The zero-order valence-corrected chi connectivity index (χ0v) is 19.8. The third-order valence-corrected chi connectivity index (χ3v) is 4.99. The van der Waals surface area contributed by atoms with Crippen molar-refractivity contribution in [1.82, 2.24) is 16.0 Å². The second kappa shape index (κ2) is 15.7. The normalized spacial score (nSPS) is 12.9. The average Bonchev–Trinajstić information content (AvgIpc) is 2.82. The van der Waals surface area contributed by atoms with Crippen LogP contribution in [0.3, 0.4) is 0 Å². The Morgan fingerprint density at radius 2 is 1.47 bits per heavy atom. The summed E-state index contributed by atoms with van der Waals surface area (Å²) in [5.41, 5.74) is 21.8. The van der Waals surface area contributed by atoms with Gasteiger partial charge in [-0.25, -0.2) is 4.79 Å². The van der Waals surface area contributed by atoms with E-state index in [4.69, 9.17) is 22.9 Å². The molecule has 3 unspecified atom stereocenters. The van der Waals surface area contributed by atoms with Crippen molar-refractivity contribution in [2.45, 2.75) is 50.2 Å². The van der Waals surface area contributed by atoms with Crippen LogP contribution >= 0.6 is 0 Å². The van der Waals surface area contributed by atoms with E-state index in [1.165, 1.54) is 0 Å². The Labute approximate surface area is 208 Å². The number of aliphatic carboxylic acids is 1. The average molecular weight is 507 g/mol. The lowest BCUT2D eigenvalue weighted by Gasteiger charge is -2.24. The van der Waals surface area contributed by atoms with E-state index in [2.05, 4.69) is 20.9 Å². The molecule has 14 nitrogen and oxygen atoms in total. The van der Waals surface area contributed by atoms with Crippen LogP contribution in [0, 0.1) is 0 Å². The highest BCUT2D eigenvalue weighted by Crippen LogP contribution is 2.07. The number of carboxylic acids is 1. The predicted molar refractivity (Wildman–Crippen MR) is 131 cm³/mol. The number of carbonyl (C=O) groups is 5. The van der Waals surface area contributed by atoms with Crippen molar-refractivity contribution < 1.29 is 29.1 Å². The molecule has 36 heavy (non-hydrogen) atoms. The Kier molecular flexibility index (Phi) is 13.0. The highest BCUT2D eigenvalue weighted by Gasteiger charge is 2.29. The molecule has 0 saturated carbocycles. The van der Waals surface area contributed by atoms with E-state index in [0.717, 1.165) is 5.56 Å². The molecule has 0 aliphatic heterocycles. The second-order valence-corrected chi connectivity index (χ2v) is 7.93. The molecule has 0 aliphatic carbocycles. The van der Waals surface area contributed by atoms with Gasteiger partial charge in [0.2, 0.25) is 23.6 Å². The van der Waals surface area contributed by atoms with Crippen LogP contribution in [0.2, 0.25) is 0 Å². The third-order valence-electron chi connectivity index (χ3n) is 4.99. The van der Waals surface area contributed by atoms with E-state index in [1.54, 1.807) is 30.3 Å². The number of nitrogens with zero attached hydrogens (tertiary/aromatic N) is 1. The van der Waals surface area contributed by atoms with Gasteiger partial charge in [-0.2, -0.15) is 0 Å². The SMILES string of the molecule is NCC(=O)NC(Cc1ccccc1)C(=O)NC(CCC(N)=O)C(=O)NC(CCCN=C(N)N)C(=O)O. The van der Waals surface area contributed by atoms with E-state index < -0.39 is 47.7 Å². The van der Waals surface area contributed by atoms with E-state index in [1.807, 2.05) is 0 Å². The van der Waals surface area contributed by atoms with Gasteiger partial charge in [-0.3, -0.25) is 24.2 Å². The first-order chi connectivity index (χ1) is 17.0. The molecule has 0 radical (unpaired) electrons. The van der Waals surface area contributed by atoms with Crippen molar-refractivity contribution in [3.63, 3.8) is 0 Å². The smallest absolute Gasteiger partial charge is 0.326 e. The van der Waals surface area contributed by atoms with Gasteiger partial charge in [0.15, 0.2) is 5.96 Å². The number of carboxylic acid groups (broad SMARTS) is 1. The first kappa shape index (κ1) is 29.8. The minimum atomic E-state index is -1.30. The van der Waals surface area contributed by atoms with Gasteiger partial charge >= 0.3 is 5.97 Å². The lowest BCUT2D eigenvalue weighted by atomic mass is 10.0. The van der Waals surface area contributed by atoms with Gasteiger partial charge in [0.1, 0.15) is 18.1 Å². The fraction of sp³-hybridized carbons (Fsp3) is 0.455. The summed E-state index contributed by atoms with van der Waals surface area (Å²) in [6, 6.07) is 5.15. The fourth-order valence-corrected chi connectivity index (χ4v) is 3.17. The van der Waals surface area contributed by atoms with Gasteiger partial charge in [0.25, 0.3) is 0 Å². The molecule has 0 heterocycles. The molecule has 1 rings (SSSR count). The van der Waals surface area contributed by atoms with Crippen molar-refractivity contribution in [2.24, 2.45) is 27.9 Å². The first-order valence-electron chi connectivity index (χ1n) is 11.2. The van der Waals surface area contributed by atoms with Crippen LogP contribution in [0.5, 0.6) is 0 Å². The number of carbonyl (C=O) groups excluding carboxylic acids is 4. The molecule has 1 aromatic rings. The van der Waals surface area contributed by atoms with Crippen LogP contribution in [0.1, 0.15) is 31.2 Å². The molecule has 12 N–H and O–H groups in total. The monoisotopic (exact) mass is 506 g/mol. The molecule has 14 heteroatoms. The van der Waals surface area contributed by atoms with Crippen molar-refractivity contribution in [2.75, 3.05) is 13.1 Å². The van der Waals surface area contributed by atoms with Gasteiger partial charge in [-0.15, -0.1) is 0 Å². The molecule has 0 saturated heterocycles. The highest BCUT2D eigenvalue weighted by atomic mass is 16.4. The second-order valence-electron chi connectivity index (χ2n) is 7.93.